The quantitative estimate of drug-likeness (QED) is 0.344. The van der Waals surface area contributed by atoms with E-state index < -0.39 is 41.1 Å². The topological polar surface area (TPSA) is 0 Å². The SMILES string of the molecule is FC(F)(F)c1ccc(CC(c2ccc(C(F)(F)F)cc2)c2ccc(C(F)(F)F)cc2)cc1. The van der Waals surface area contributed by atoms with Gasteiger partial charge in [0, 0.05) is 5.92 Å². The molecule has 9 heteroatoms. The van der Waals surface area contributed by atoms with Crippen LogP contribution in [0.3, 0.4) is 0 Å². The second kappa shape index (κ2) is 8.52. The van der Waals surface area contributed by atoms with Crippen molar-refractivity contribution in [3.8, 4) is 0 Å². The Morgan fingerprint density at radius 3 is 1.00 bits per heavy atom. The molecule has 0 unspecified atom stereocenters. The summed E-state index contributed by atoms with van der Waals surface area (Å²) in [4.78, 5) is 0. The molecule has 0 spiro atoms. The van der Waals surface area contributed by atoms with Gasteiger partial charge >= 0.3 is 18.5 Å². The van der Waals surface area contributed by atoms with E-state index in [2.05, 4.69) is 0 Å². The smallest absolute Gasteiger partial charge is 0.166 e. The van der Waals surface area contributed by atoms with Crippen molar-refractivity contribution in [2.45, 2.75) is 30.9 Å². The Kier molecular flexibility index (Phi) is 6.31. The molecule has 0 aliphatic rings. The van der Waals surface area contributed by atoms with E-state index in [0.717, 1.165) is 36.4 Å². The van der Waals surface area contributed by atoms with E-state index in [1.54, 1.807) is 0 Å². The van der Waals surface area contributed by atoms with E-state index in [-0.39, 0.29) is 6.42 Å². The van der Waals surface area contributed by atoms with Crippen LogP contribution in [-0.2, 0) is 24.9 Å². The fourth-order valence-corrected chi connectivity index (χ4v) is 3.30. The predicted octanol–water partition coefficient (Wildman–Crippen LogP) is 8.12. The Balaban J connectivity index is 1.97. The number of alkyl halides is 9. The predicted molar refractivity (Wildman–Crippen MR) is 99.9 cm³/mol. The van der Waals surface area contributed by atoms with E-state index in [4.69, 9.17) is 0 Å². The lowest BCUT2D eigenvalue weighted by molar-refractivity contribution is -0.138. The minimum atomic E-state index is -4.56. The molecule has 0 bridgehead atoms. The number of benzene rings is 3. The molecule has 0 saturated carbocycles. The van der Waals surface area contributed by atoms with Gasteiger partial charge in [0.1, 0.15) is 0 Å². The van der Waals surface area contributed by atoms with Crippen molar-refractivity contribution < 1.29 is 39.5 Å². The molecule has 0 atom stereocenters. The molecule has 170 valence electrons. The second-order valence-corrected chi connectivity index (χ2v) is 7.19. The molecule has 32 heavy (non-hydrogen) atoms. The van der Waals surface area contributed by atoms with Crippen LogP contribution in [0.5, 0.6) is 0 Å². The summed E-state index contributed by atoms with van der Waals surface area (Å²) in [7, 11) is 0. The number of halogens is 9. The first-order valence-corrected chi connectivity index (χ1v) is 9.25. The maximum Gasteiger partial charge on any atom is 0.416 e. The summed E-state index contributed by atoms with van der Waals surface area (Å²) in [6.07, 6.45) is -13.6. The number of hydrogen-bond donors (Lipinski definition) is 0. The van der Waals surface area contributed by atoms with Gasteiger partial charge in [-0.2, -0.15) is 39.5 Å². The van der Waals surface area contributed by atoms with E-state index in [0.29, 0.717) is 16.7 Å². The van der Waals surface area contributed by atoms with Gasteiger partial charge in [-0.3, -0.25) is 0 Å². The van der Waals surface area contributed by atoms with Crippen LogP contribution < -0.4 is 0 Å². The molecular formula is C23H15F9. The van der Waals surface area contributed by atoms with Gasteiger partial charge < -0.3 is 0 Å². The molecule has 3 aromatic rings. The summed E-state index contributed by atoms with van der Waals surface area (Å²) in [6, 6.07) is 12.6. The Morgan fingerprint density at radius 1 is 0.438 bits per heavy atom. The molecule has 3 aromatic carbocycles. The maximum atomic E-state index is 12.9. The lowest BCUT2D eigenvalue weighted by atomic mass is 9.85. The van der Waals surface area contributed by atoms with Gasteiger partial charge in [0.05, 0.1) is 16.7 Å². The Bertz CT molecular complexity index is 966. The van der Waals surface area contributed by atoms with Crippen molar-refractivity contribution >= 4 is 0 Å². The Morgan fingerprint density at radius 2 is 0.719 bits per heavy atom. The molecule has 3 rings (SSSR count). The third-order valence-electron chi connectivity index (χ3n) is 5.00. The van der Waals surface area contributed by atoms with Gasteiger partial charge in [-0.05, 0) is 59.5 Å². The lowest BCUT2D eigenvalue weighted by Crippen LogP contribution is -2.10. The van der Waals surface area contributed by atoms with Crippen LogP contribution in [0.1, 0.15) is 39.3 Å². The fourth-order valence-electron chi connectivity index (χ4n) is 3.30. The van der Waals surface area contributed by atoms with Crippen molar-refractivity contribution in [2.75, 3.05) is 0 Å². The molecular weight excluding hydrogens is 447 g/mol. The third kappa shape index (κ3) is 5.63. The summed E-state index contributed by atoms with van der Waals surface area (Å²) < 4.78 is 116. The van der Waals surface area contributed by atoms with Gasteiger partial charge in [-0.15, -0.1) is 0 Å². The number of hydrogen-bond acceptors (Lipinski definition) is 0. The van der Waals surface area contributed by atoms with E-state index >= 15 is 0 Å². The van der Waals surface area contributed by atoms with Crippen LogP contribution in [0, 0.1) is 0 Å². The highest BCUT2D eigenvalue weighted by Crippen LogP contribution is 2.36. The zero-order valence-electron chi connectivity index (χ0n) is 16.1. The monoisotopic (exact) mass is 462 g/mol. The number of rotatable bonds is 4. The molecule has 0 heterocycles. The van der Waals surface area contributed by atoms with E-state index in [1.807, 2.05) is 0 Å². The standard InChI is InChI=1S/C23H15F9/c24-21(25,26)17-7-1-14(2-8-17)13-20(15-3-9-18(10-4-15)22(27,28)29)16-5-11-19(12-6-16)23(30,31)32/h1-12,20H,13H2. The molecule has 0 aliphatic heterocycles. The minimum Gasteiger partial charge on any atom is -0.166 e. The van der Waals surface area contributed by atoms with E-state index in [1.165, 1.54) is 36.4 Å². The average Bonchev–Trinajstić information content (AvgIpc) is 2.71. The molecule has 0 fully saturated rings. The van der Waals surface area contributed by atoms with Crippen LogP contribution in [0.25, 0.3) is 0 Å². The van der Waals surface area contributed by atoms with Gasteiger partial charge in [0.25, 0.3) is 0 Å². The first kappa shape index (κ1) is 23.7. The normalized spacial score (nSPS) is 12.9. The third-order valence-corrected chi connectivity index (χ3v) is 5.00. The second-order valence-electron chi connectivity index (χ2n) is 7.19. The van der Waals surface area contributed by atoms with Gasteiger partial charge in [0.15, 0.2) is 0 Å². The molecule has 0 N–H and O–H groups in total. The lowest BCUT2D eigenvalue weighted by Gasteiger charge is -2.20. The van der Waals surface area contributed by atoms with Crippen LogP contribution in [0.15, 0.2) is 72.8 Å². The molecule has 0 nitrogen and oxygen atoms in total. The van der Waals surface area contributed by atoms with Crippen molar-refractivity contribution in [1.82, 2.24) is 0 Å². The van der Waals surface area contributed by atoms with Crippen LogP contribution >= 0.6 is 0 Å². The Labute approximate surface area is 177 Å². The largest absolute Gasteiger partial charge is 0.416 e. The van der Waals surface area contributed by atoms with Gasteiger partial charge in [-0.25, -0.2) is 0 Å². The van der Waals surface area contributed by atoms with E-state index in [9.17, 15) is 39.5 Å². The summed E-state index contributed by atoms with van der Waals surface area (Å²) >= 11 is 0. The highest BCUT2D eigenvalue weighted by Gasteiger charge is 2.32. The summed E-state index contributed by atoms with van der Waals surface area (Å²) in [5.74, 6) is -0.670. The highest BCUT2D eigenvalue weighted by atomic mass is 19.4. The Hall–Kier alpha value is -2.97. The van der Waals surface area contributed by atoms with Crippen molar-refractivity contribution in [2.24, 2.45) is 0 Å². The zero-order valence-corrected chi connectivity index (χ0v) is 16.1. The van der Waals surface area contributed by atoms with Crippen LogP contribution in [0.4, 0.5) is 39.5 Å². The molecule has 0 aromatic heterocycles. The van der Waals surface area contributed by atoms with Crippen LogP contribution in [-0.4, -0.2) is 0 Å². The van der Waals surface area contributed by atoms with Gasteiger partial charge in [-0.1, -0.05) is 36.4 Å². The summed E-state index contributed by atoms with van der Waals surface area (Å²) in [6.45, 7) is 0. The molecule has 0 radical (unpaired) electrons. The highest BCUT2D eigenvalue weighted by molar-refractivity contribution is 5.39. The maximum absolute atomic E-state index is 12.9. The summed E-state index contributed by atoms with van der Waals surface area (Å²) in [5.41, 5.74) is -1.41. The van der Waals surface area contributed by atoms with Gasteiger partial charge in [0.2, 0.25) is 0 Å². The zero-order chi connectivity index (χ0) is 23.7. The first-order valence-electron chi connectivity index (χ1n) is 9.25. The molecule has 0 amide bonds. The average molecular weight is 462 g/mol. The fraction of sp³-hybridized carbons (Fsp3) is 0.217. The van der Waals surface area contributed by atoms with Crippen molar-refractivity contribution in [3.63, 3.8) is 0 Å². The minimum absolute atomic E-state index is 0.0782. The van der Waals surface area contributed by atoms with Crippen LogP contribution in [0.2, 0.25) is 0 Å². The van der Waals surface area contributed by atoms with Crippen molar-refractivity contribution in [3.05, 3.63) is 106 Å². The van der Waals surface area contributed by atoms with Crippen molar-refractivity contribution in [1.29, 1.82) is 0 Å². The first-order chi connectivity index (χ1) is 14.7. The summed E-state index contributed by atoms with van der Waals surface area (Å²) in [5, 5.41) is 0. The molecule has 0 saturated heterocycles. The molecule has 0 aliphatic carbocycles.